The predicted molar refractivity (Wildman–Crippen MR) is 157 cm³/mol. The first-order valence-electron chi connectivity index (χ1n) is 13.3. The number of nitriles is 1. The molecule has 1 N–H and O–H groups in total. The highest BCUT2D eigenvalue weighted by Gasteiger charge is 2.35. The van der Waals surface area contributed by atoms with E-state index in [1.807, 2.05) is 11.1 Å². The molecule has 3 atom stereocenters. The maximum atomic E-state index is 15.1. The number of rotatable bonds is 7. The number of aliphatic hydroxyl groups is 1. The number of benzene rings is 2. The Morgan fingerprint density at radius 1 is 1.29 bits per heavy atom. The van der Waals surface area contributed by atoms with Gasteiger partial charge in [-0.05, 0) is 30.3 Å². The van der Waals surface area contributed by atoms with Gasteiger partial charge in [0.1, 0.15) is 23.7 Å². The fourth-order valence-electron chi connectivity index (χ4n) is 5.84. The number of thioether (sulfide) groups is 1. The number of piperazine rings is 1. The van der Waals surface area contributed by atoms with E-state index in [1.54, 1.807) is 32.5 Å². The molecule has 216 valence electrons. The van der Waals surface area contributed by atoms with Gasteiger partial charge in [-0.3, -0.25) is 14.1 Å². The van der Waals surface area contributed by atoms with Gasteiger partial charge in [-0.25, -0.2) is 13.6 Å². The van der Waals surface area contributed by atoms with Gasteiger partial charge in [0, 0.05) is 71.3 Å². The van der Waals surface area contributed by atoms with Crippen molar-refractivity contribution < 1.29 is 13.9 Å². The molecule has 4 aromatic rings. The molecule has 2 aliphatic heterocycles. The minimum Gasteiger partial charge on any atom is -0.375 e. The number of hydrogen-bond donors (Lipinski definition) is 1. The third-order valence-electron chi connectivity index (χ3n) is 7.74. The van der Waals surface area contributed by atoms with E-state index in [0.717, 1.165) is 6.07 Å². The van der Waals surface area contributed by atoms with Crippen LogP contribution in [0.2, 0.25) is 5.02 Å². The van der Waals surface area contributed by atoms with Crippen LogP contribution in [0.15, 0.2) is 65.1 Å². The maximum Gasteiger partial charge on any atom is 0.350 e. The van der Waals surface area contributed by atoms with Crippen molar-refractivity contribution in [2.45, 2.75) is 36.2 Å². The monoisotopic (exact) mass is 609 g/mol. The van der Waals surface area contributed by atoms with E-state index >= 15 is 4.39 Å². The van der Waals surface area contributed by atoms with Crippen LogP contribution >= 0.6 is 23.4 Å². The molecule has 1 saturated heterocycles. The highest BCUT2D eigenvalue weighted by molar-refractivity contribution is 7.99. The topological polar surface area (TPSA) is 103 Å². The van der Waals surface area contributed by atoms with Gasteiger partial charge in [0.05, 0.1) is 35.6 Å². The van der Waals surface area contributed by atoms with Gasteiger partial charge in [-0.2, -0.15) is 15.3 Å². The molecule has 4 heterocycles. The molecule has 9 nitrogen and oxygen atoms in total. The van der Waals surface area contributed by atoms with Crippen LogP contribution in [0, 0.1) is 23.0 Å². The van der Waals surface area contributed by atoms with Crippen molar-refractivity contribution >= 4 is 40.1 Å². The lowest BCUT2D eigenvalue weighted by Crippen LogP contribution is -2.56. The van der Waals surface area contributed by atoms with E-state index in [-0.39, 0.29) is 29.1 Å². The minimum atomic E-state index is -0.914. The quantitative estimate of drug-likeness (QED) is 0.307. The number of aliphatic hydroxyl groups excluding tert-OH is 1. The first kappa shape index (κ1) is 28.4. The molecular formula is C29H26ClF2N7O2S. The SMILES string of the molecule is C=CC(O)N1CCN(c2nc(=O)n3c4c(c(-c5ccc(F)cc5F)c(Cl)cc24)SCC3Cn2cccn2)C[C@@H]1CC#N. The van der Waals surface area contributed by atoms with Gasteiger partial charge < -0.3 is 10.0 Å². The Hall–Kier alpha value is -3.76. The summed E-state index contributed by atoms with van der Waals surface area (Å²) in [6, 6.07) is 8.36. The second-order valence-electron chi connectivity index (χ2n) is 10.2. The Balaban J connectivity index is 1.55. The molecule has 0 radical (unpaired) electrons. The zero-order valence-electron chi connectivity index (χ0n) is 22.3. The van der Waals surface area contributed by atoms with Crippen molar-refractivity contribution in [3.8, 4) is 17.2 Å². The molecule has 42 heavy (non-hydrogen) atoms. The molecule has 1 fully saturated rings. The molecule has 0 amide bonds. The summed E-state index contributed by atoms with van der Waals surface area (Å²) in [6.45, 7) is 5.24. The number of halogens is 3. The second-order valence-corrected chi connectivity index (χ2v) is 11.7. The number of aromatic nitrogens is 4. The largest absolute Gasteiger partial charge is 0.375 e. The standard InChI is InChI=1S/C29H26ClF2N7O2S/c1-2-24(40)38-11-10-36(14-18(38)6-7-33)28-21-13-22(30)25(20-5-4-17(31)12-23(20)32)27-26(21)39(29(41)35-28)19(16-42-27)15-37-9-3-8-34-37/h2-5,8-9,12-13,18-19,24,40H,1,6,10-11,14-16H2/t18-,19?,24?/m0/s1. The van der Waals surface area contributed by atoms with Crippen LogP contribution in [0.1, 0.15) is 12.5 Å². The molecular weight excluding hydrogens is 584 g/mol. The van der Waals surface area contributed by atoms with E-state index in [0.29, 0.717) is 59.1 Å². The fraction of sp³-hybridized carbons (Fsp3) is 0.310. The molecule has 2 unspecified atom stereocenters. The average Bonchev–Trinajstić information content (AvgIpc) is 3.49. The first-order chi connectivity index (χ1) is 20.3. The normalized spacial score (nSPS) is 19.5. The van der Waals surface area contributed by atoms with E-state index in [1.165, 1.54) is 30.0 Å². The van der Waals surface area contributed by atoms with E-state index in [9.17, 15) is 19.6 Å². The Morgan fingerprint density at radius 2 is 2.12 bits per heavy atom. The summed E-state index contributed by atoms with van der Waals surface area (Å²) in [6.07, 6.45) is 4.14. The van der Waals surface area contributed by atoms with Crippen molar-refractivity contribution in [2.75, 3.05) is 30.3 Å². The van der Waals surface area contributed by atoms with Crippen LogP contribution < -0.4 is 10.6 Å². The predicted octanol–water partition coefficient (Wildman–Crippen LogP) is 4.45. The molecule has 0 spiro atoms. The van der Waals surface area contributed by atoms with Crippen molar-refractivity contribution in [1.29, 1.82) is 5.26 Å². The van der Waals surface area contributed by atoms with Gasteiger partial charge in [-0.15, -0.1) is 11.8 Å². The average molecular weight is 610 g/mol. The summed E-state index contributed by atoms with van der Waals surface area (Å²) in [5.74, 6) is -0.589. The van der Waals surface area contributed by atoms with Gasteiger partial charge in [0.25, 0.3) is 0 Å². The van der Waals surface area contributed by atoms with Crippen molar-refractivity contribution in [1.82, 2.24) is 24.2 Å². The summed E-state index contributed by atoms with van der Waals surface area (Å²) in [5, 5.41) is 25.1. The molecule has 0 aliphatic carbocycles. The first-order valence-corrected chi connectivity index (χ1v) is 14.7. The third kappa shape index (κ3) is 4.96. The summed E-state index contributed by atoms with van der Waals surface area (Å²) in [7, 11) is 0. The molecule has 0 saturated carbocycles. The number of hydrogen-bond acceptors (Lipinski definition) is 8. The fourth-order valence-corrected chi connectivity index (χ4v) is 7.52. The van der Waals surface area contributed by atoms with Gasteiger partial charge in [-0.1, -0.05) is 18.2 Å². The third-order valence-corrected chi connectivity index (χ3v) is 9.28. The van der Waals surface area contributed by atoms with Crippen LogP contribution in [0.4, 0.5) is 14.6 Å². The van der Waals surface area contributed by atoms with Crippen LogP contribution in [-0.4, -0.2) is 67.0 Å². The van der Waals surface area contributed by atoms with Crippen LogP contribution in [-0.2, 0) is 6.54 Å². The molecule has 2 aromatic carbocycles. The zero-order valence-corrected chi connectivity index (χ0v) is 23.9. The highest BCUT2D eigenvalue weighted by Crippen LogP contribution is 2.48. The summed E-state index contributed by atoms with van der Waals surface area (Å²) in [4.78, 5) is 22.7. The van der Waals surface area contributed by atoms with Crippen LogP contribution in [0.25, 0.3) is 22.0 Å². The van der Waals surface area contributed by atoms with E-state index in [2.05, 4.69) is 22.7 Å². The maximum absolute atomic E-state index is 15.1. The summed E-state index contributed by atoms with van der Waals surface area (Å²) < 4.78 is 32.3. The number of anilines is 1. The minimum absolute atomic E-state index is 0.134. The van der Waals surface area contributed by atoms with Crippen LogP contribution in [0.5, 0.6) is 0 Å². The molecule has 2 aliphatic rings. The molecule has 0 bridgehead atoms. The van der Waals surface area contributed by atoms with Crippen molar-refractivity contribution in [3.05, 3.63) is 82.5 Å². The summed E-state index contributed by atoms with van der Waals surface area (Å²) >= 11 is 8.31. The second kappa shape index (κ2) is 11.5. The molecule has 6 rings (SSSR count). The number of nitrogens with zero attached hydrogens (tertiary/aromatic N) is 7. The zero-order chi connectivity index (χ0) is 29.5. The van der Waals surface area contributed by atoms with Gasteiger partial charge in [0.2, 0.25) is 0 Å². The Morgan fingerprint density at radius 3 is 2.83 bits per heavy atom. The molecule has 2 aromatic heterocycles. The van der Waals surface area contributed by atoms with Crippen LogP contribution in [0.3, 0.4) is 0 Å². The summed E-state index contributed by atoms with van der Waals surface area (Å²) in [5.41, 5.74) is 0.604. The Bertz CT molecular complexity index is 1770. The molecule has 13 heteroatoms. The van der Waals surface area contributed by atoms with Crippen molar-refractivity contribution in [2.24, 2.45) is 0 Å². The Kier molecular flexibility index (Phi) is 7.76. The van der Waals surface area contributed by atoms with E-state index in [4.69, 9.17) is 11.6 Å². The van der Waals surface area contributed by atoms with Crippen molar-refractivity contribution in [3.63, 3.8) is 0 Å². The Labute approximate surface area is 249 Å². The lowest BCUT2D eigenvalue weighted by Gasteiger charge is -2.43. The highest BCUT2D eigenvalue weighted by atomic mass is 35.5. The lowest BCUT2D eigenvalue weighted by atomic mass is 10.0. The lowest BCUT2D eigenvalue weighted by molar-refractivity contribution is 0.00440. The van der Waals surface area contributed by atoms with E-state index < -0.39 is 23.6 Å². The smallest absolute Gasteiger partial charge is 0.350 e. The van der Waals surface area contributed by atoms with Gasteiger partial charge >= 0.3 is 5.69 Å². The van der Waals surface area contributed by atoms with Gasteiger partial charge in [0.15, 0.2) is 0 Å².